The molecule has 3 heteroatoms. The SMILES string of the molecule is NCC1(C(=O)Cc2ccccn2)CC1. The van der Waals surface area contributed by atoms with Gasteiger partial charge in [0.1, 0.15) is 5.78 Å². The van der Waals surface area contributed by atoms with Gasteiger partial charge in [0.05, 0.1) is 0 Å². The Bertz CT molecular complexity index is 330. The van der Waals surface area contributed by atoms with Crippen molar-refractivity contribution in [1.82, 2.24) is 4.98 Å². The topological polar surface area (TPSA) is 56.0 Å². The fourth-order valence-electron chi connectivity index (χ4n) is 1.60. The molecule has 0 atom stereocenters. The van der Waals surface area contributed by atoms with Crippen LogP contribution in [0.2, 0.25) is 0 Å². The van der Waals surface area contributed by atoms with Crippen LogP contribution in [0.1, 0.15) is 18.5 Å². The molecular weight excluding hydrogens is 176 g/mol. The highest BCUT2D eigenvalue weighted by atomic mass is 16.1. The predicted octanol–water partition coefficient (Wildman–Crippen LogP) is 0.932. The van der Waals surface area contributed by atoms with E-state index in [2.05, 4.69) is 4.98 Å². The van der Waals surface area contributed by atoms with Crippen LogP contribution in [-0.2, 0) is 11.2 Å². The number of nitrogens with two attached hydrogens (primary N) is 1. The number of hydrogen-bond donors (Lipinski definition) is 1. The van der Waals surface area contributed by atoms with Gasteiger partial charge in [-0.2, -0.15) is 0 Å². The molecule has 0 aliphatic heterocycles. The Kier molecular flexibility index (Phi) is 2.33. The molecule has 1 aliphatic carbocycles. The summed E-state index contributed by atoms with van der Waals surface area (Å²) in [6.45, 7) is 0.485. The van der Waals surface area contributed by atoms with Crippen LogP contribution >= 0.6 is 0 Å². The van der Waals surface area contributed by atoms with E-state index >= 15 is 0 Å². The minimum atomic E-state index is -0.197. The fraction of sp³-hybridized carbons (Fsp3) is 0.455. The summed E-state index contributed by atoms with van der Waals surface area (Å²) in [4.78, 5) is 15.9. The third kappa shape index (κ3) is 1.68. The number of hydrogen-bond acceptors (Lipinski definition) is 3. The molecule has 1 aromatic rings. The van der Waals surface area contributed by atoms with Crippen molar-refractivity contribution in [2.45, 2.75) is 19.3 Å². The standard InChI is InChI=1S/C11H14N2O/c12-8-11(4-5-11)10(14)7-9-3-1-2-6-13-9/h1-3,6H,4-5,7-8,12H2. The molecule has 2 N–H and O–H groups in total. The zero-order valence-electron chi connectivity index (χ0n) is 8.07. The Balaban J connectivity index is 2.02. The number of pyridine rings is 1. The maximum atomic E-state index is 11.8. The zero-order chi connectivity index (χ0) is 10.0. The number of carbonyl (C=O) groups is 1. The molecule has 0 saturated heterocycles. The first-order chi connectivity index (χ1) is 6.77. The van der Waals surface area contributed by atoms with Crippen LogP contribution in [0.5, 0.6) is 0 Å². The zero-order valence-corrected chi connectivity index (χ0v) is 8.07. The molecule has 0 amide bonds. The summed E-state index contributed by atoms with van der Waals surface area (Å²) in [5.41, 5.74) is 6.23. The van der Waals surface area contributed by atoms with Gasteiger partial charge < -0.3 is 5.73 Å². The summed E-state index contributed by atoms with van der Waals surface area (Å²) in [6.07, 6.45) is 4.05. The van der Waals surface area contributed by atoms with E-state index in [4.69, 9.17) is 5.73 Å². The summed E-state index contributed by atoms with van der Waals surface area (Å²) in [5, 5.41) is 0. The van der Waals surface area contributed by atoms with Gasteiger partial charge in [-0.05, 0) is 25.0 Å². The van der Waals surface area contributed by atoms with E-state index in [-0.39, 0.29) is 11.2 Å². The highest BCUT2D eigenvalue weighted by Crippen LogP contribution is 2.45. The number of aromatic nitrogens is 1. The molecule has 0 aromatic carbocycles. The summed E-state index contributed by atoms with van der Waals surface area (Å²) in [7, 11) is 0. The van der Waals surface area contributed by atoms with Crippen LogP contribution in [0, 0.1) is 5.41 Å². The smallest absolute Gasteiger partial charge is 0.146 e. The average Bonchev–Trinajstić information content (AvgIpc) is 3.00. The highest BCUT2D eigenvalue weighted by Gasteiger charge is 2.47. The molecule has 1 aliphatic rings. The molecule has 1 fully saturated rings. The minimum absolute atomic E-state index is 0.197. The van der Waals surface area contributed by atoms with Crippen molar-refractivity contribution in [3.8, 4) is 0 Å². The van der Waals surface area contributed by atoms with Crippen molar-refractivity contribution < 1.29 is 4.79 Å². The Morgan fingerprint density at radius 2 is 2.29 bits per heavy atom. The van der Waals surface area contributed by atoms with Crippen LogP contribution in [0.4, 0.5) is 0 Å². The normalized spacial score (nSPS) is 17.8. The van der Waals surface area contributed by atoms with Gasteiger partial charge in [0.25, 0.3) is 0 Å². The van der Waals surface area contributed by atoms with Crippen molar-refractivity contribution >= 4 is 5.78 Å². The van der Waals surface area contributed by atoms with Gasteiger partial charge in [-0.25, -0.2) is 0 Å². The quantitative estimate of drug-likeness (QED) is 0.768. The largest absolute Gasteiger partial charge is 0.329 e. The van der Waals surface area contributed by atoms with Gasteiger partial charge in [0.15, 0.2) is 0 Å². The number of carbonyl (C=O) groups excluding carboxylic acids is 1. The molecule has 3 nitrogen and oxygen atoms in total. The van der Waals surface area contributed by atoms with E-state index < -0.39 is 0 Å². The van der Waals surface area contributed by atoms with Crippen LogP contribution in [-0.4, -0.2) is 17.3 Å². The lowest BCUT2D eigenvalue weighted by molar-refractivity contribution is -0.123. The maximum absolute atomic E-state index is 11.8. The summed E-state index contributed by atoms with van der Waals surface area (Å²) < 4.78 is 0. The second-order valence-electron chi connectivity index (χ2n) is 3.91. The van der Waals surface area contributed by atoms with Gasteiger partial charge >= 0.3 is 0 Å². The van der Waals surface area contributed by atoms with Gasteiger partial charge in [-0.3, -0.25) is 9.78 Å². The predicted molar refractivity (Wildman–Crippen MR) is 53.7 cm³/mol. The lowest BCUT2D eigenvalue weighted by Gasteiger charge is -2.09. The molecule has 0 radical (unpaired) electrons. The Labute approximate surface area is 83.3 Å². The molecule has 1 saturated carbocycles. The van der Waals surface area contributed by atoms with Crippen molar-refractivity contribution in [3.05, 3.63) is 30.1 Å². The summed E-state index contributed by atoms with van der Waals surface area (Å²) in [5.74, 6) is 0.249. The monoisotopic (exact) mass is 190 g/mol. The van der Waals surface area contributed by atoms with Crippen LogP contribution < -0.4 is 5.73 Å². The number of ketones is 1. The first-order valence-corrected chi connectivity index (χ1v) is 4.90. The summed E-state index contributed by atoms with van der Waals surface area (Å²) in [6, 6.07) is 5.63. The van der Waals surface area contributed by atoms with E-state index in [1.54, 1.807) is 6.20 Å². The van der Waals surface area contributed by atoms with E-state index in [9.17, 15) is 4.79 Å². The van der Waals surface area contributed by atoms with Crippen LogP contribution in [0.3, 0.4) is 0 Å². The van der Waals surface area contributed by atoms with E-state index in [1.165, 1.54) is 0 Å². The van der Waals surface area contributed by atoms with E-state index in [1.807, 2.05) is 18.2 Å². The van der Waals surface area contributed by atoms with Crippen molar-refractivity contribution in [2.24, 2.45) is 11.1 Å². The fourth-order valence-corrected chi connectivity index (χ4v) is 1.60. The molecule has 74 valence electrons. The second kappa shape index (κ2) is 3.50. The van der Waals surface area contributed by atoms with Gasteiger partial charge in [-0.1, -0.05) is 6.07 Å². The third-order valence-corrected chi connectivity index (χ3v) is 2.90. The third-order valence-electron chi connectivity index (χ3n) is 2.90. The lowest BCUT2D eigenvalue weighted by Crippen LogP contribution is -2.26. The first kappa shape index (κ1) is 9.34. The molecule has 1 heterocycles. The van der Waals surface area contributed by atoms with Crippen LogP contribution in [0.15, 0.2) is 24.4 Å². The highest BCUT2D eigenvalue weighted by molar-refractivity contribution is 5.89. The van der Waals surface area contributed by atoms with Crippen LogP contribution in [0.25, 0.3) is 0 Å². The molecule has 2 rings (SSSR count). The molecule has 14 heavy (non-hydrogen) atoms. The number of Topliss-reactive ketones (excluding diaryl/α,β-unsaturated/α-hetero) is 1. The molecule has 1 aromatic heterocycles. The Morgan fingerprint density at radius 1 is 1.50 bits per heavy atom. The average molecular weight is 190 g/mol. The summed E-state index contributed by atoms with van der Waals surface area (Å²) >= 11 is 0. The number of rotatable bonds is 4. The Hall–Kier alpha value is -1.22. The molecule has 0 spiro atoms. The lowest BCUT2D eigenvalue weighted by atomic mass is 9.97. The molecular formula is C11H14N2O. The second-order valence-corrected chi connectivity index (χ2v) is 3.91. The first-order valence-electron chi connectivity index (χ1n) is 4.90. The van der Waals surface area contributed by atoms with Crippen molar-refractivity contribution in [1.29, 1.82) is 0 Å². The molecule has 0 bridgehead atoms. The molecule has 0 unspecified atom stereocenters. The minimum Gasteiger partial charge on any atom is -0.329 e. The van der Waals surface area contributed by atoms with Crippen molar-refractivity contribution in [2.75, 3.05) is 6.54 Å². The van der Waals surface area contributed by atoms with Crippen molar-refractivity contribution in [3.63, 3.8) is 0 Å². The number of nitrogens with zero attached hydrogens (tertiary/aromatic N) is 1. The Morgan fingerprint density at radius 3 is 2.79 bits per heavy atom. The van der Waals surface area contributed by atoms with Gasteiger partial charge in [0.2, 0.25) is 0 Å². The van der Waals surface area contributed by atoms with Gasteiger partial charge in [0, 0.05) is 30.3 Å². The maximum Gasteiger partial charge on any atom is 0.146 e. The van der Waals surface area contributed by atoms with E-state index in [0.29, 0.717) is 13.0 Å². The van der Waals surface area contributed by atoms with Gasteiger partial charge in [-0.15, -0.1) is 0 Å². The van der Waals surface area contributed by atoms with E-state index in [0.717, 1.165) is 18.5 Å².